The van der Waals surface area contributed by atoms with E-state index in [2.05, 4.69) is 6.58 Å². The van der Waals surface area contributed by atoms with Crippen molar-refractivity contribution in [3.05, 3.63) is 54.8 Å². The Morgan fingerprint density at radius 2 is 1.81 bits per heavy atom. The molecule has 80 valence electrons. The van der Waals surface area contributed by atoms with Gasteiger partial charge in [-0.1, -0.05) is 43.0 Å². The molecule has 0 spiro atoms. The SMILES string of the molecule is C=C(Oc1cccc2ccccc12)C(C)=O. The first-order valence-corrected chi connectivity index (χ1v) is 5.04. The Labute approximate surface area is 94.2 Å². The van der Waals surface area contributed by atoms with Gasteiger partial charge in [-0.2, -0.15) is 0 Å². The highest BCUT2D eigenvalue weighted by Gasteiger charge is 2.06. The third-order valence-electron chi connectivity index (χ3n) is 2.38. The number of allylic oxidation sites excluding steroid dienone is 1. The summed E-state index contributed by atoms with van der Waals surface area (Å²) in [4.78, 5) is 11.1. The number of ketones is 1. The molecular formula is C14H12O2. The summed E-state index contributed by atoms with van der Waals surface area (Å²) >= 11 is 0. The zero-order valence-electron chi connectivity index (χ0n) is 9.07. The van der Waals surface area contributed by atoms with E-state index in [9.17, 15) is 4.79 Å². The molecule has 0 atom stereocenters. The molecule has 0 saturated heterocycles. The molecule has 2 aromatic rings. The largest absolute Gasteiger partial charge is 0.454 e. The summed E-state index contributed by atoms with van der Waals surface area (Å²) in [6, 6.07) is 13.6. The van der Waals surface area contributed by atoms with Crippen LogP contribution in [0.4, 0.5) is 0 Å². The van der Waals surface area contributed by atoms with Crippen LogP contribution in [0.15, 0.2) is 54.8 Å². The van der Waals surface area contributed by atoms with E-state index in [0.29, 0.717) is 5.75 Å². The smallest absolute Gasteiger partial charge is 0.194 e. The molecule has 2 aromatic carbocycles. The Morgan fingerprint density at radius 1 is 1.12 bits per heavy atom. The predicted octanol–water partition coefficient (Wildman–Crippen LogP) is 3.32. The molecule has 2 nitrogen and oxygen atoms in total. The van der Waals surface area contributed by atoms with E-state index >= 15 is 0 Å². The maximum absolute atomic E-state index is 11.1. The van der Waals surface area contributed by atoms with Gasteiger partial charge in [0.05, 0.1) is 0 Å². The first kappa shape index (κ1) is 10.4. The predicted molar refractivity (Wildman–Crippen MR) is 64.4 cm³/mol. The average molecular weight is 212 g/mol. The Balaban J connectivity index is 2.45. The number of Topliss-reactive ketones (excluding diaryl/α,β-unsaturated/α-hetero) is 1. The van der Waals surface area contributed by atoms with Crippen molar-refractivity contribution in [3.8, 4) is 5.75 Å². The molecule has 0 aliphatic rings. The summed E-state index contributed by atoms with van der Waals surface area (Å²) in [5.74, 6) is 0.669. The van der Waals surface area contributed by atoms with Crippen molar-refractivity contribution in [2.75, 3.05) is 0 Å². The number of hydrogen-bond acceptors (Lipinski definition) is 2. The summed E-state index contributed by atoms with van der Waals surface area (Å²) in [7, 11) is 0. The van der Waals surface area contributed by atoms with E-state index in [4.69, 9.17) is 4.74 Å². The van der Waals surface area contributed by atoms with E-state index in [-0.39, 0.29) is 11.5 Å². The summed E-state index contributed by atoms with van der Waals surface area (Å²) in [6.45, 7) is 5.02. The summed E-state index contributed by atoms with van der Waals surface area (Å²) in [5, 5.41) is 2.06. The third kappa shape index (κ3) is 1.96. The van der Waals surface area contributed by atoms with Crippen LogP contribution >= 0.6 is 0 Å². The van der Waals surface area contributed by atoms with E-state index in [1.54, 1.807) is 0 Å². The first-order chi connectivity index (χ1) is 7.68. The van der Waals surface area contributed by atoms with Crippen LogP contribution in [0.1, 0.15) is 6.92 Å². The van der Waals surface area contributed by atoms with Crippen LogP contribution in [0.2, 0.25) is 0 Å². The molecular weight excluding hydrogens is 200 g/mol. The fourth-order valence-electron chi connectivity index (χ4n) is 1.49. The van der Waals surface area contributed by atoms with Gasteiger partial charge in [0, 0.05) is 12.3 Å². The van der Waals surface area contributed by atoms with Gasteiger partial charge in [-0.3, -0.25) is 4.79 Å². The Bertz CT molecular complexity index is 550. The highest BCUT2D eigenvalue weighted by molar-refractivity contribution is 5.93. The fraction of sp³-hybridized carbons (Fsp3) is 0.0714. The van der Waals surface area contributed by atoms with Crippen molar-refractivity contribution in [3.63, 3.8) is 0 Å². The second kappa shape index (κ2) is 4.19. The first-order valence-electron chi connectivity index (χ1n) is 5.04. The molecule has 2 rings (SSSR count). The summed E-state index contributed by atoms with van der Waals surface area (Å²) < 4.78 is 5.45. The van der Waals surface area contributed by atoms with E-state index < -0.39 is 0 Å². The summed E-state index contributed by atoms with van der Waals surface area (Å²) in [5.41, 5.74) is 0. The van der Waals surface area contributed by atoms with Gasteiger partial charge in [0.1, 0.15) is 5.75 Å². The molecule has 0 heterocycles. The van der Waals surface area contributed by atoms with Crippen LogP contribution in [-0.2, 0) is 4.79 Å². The molecule has 0 unspecified atom stereocenters. The molecule has 0 saturated carbocycles. The van der Waals surface area contributed by atoms with Crippen molar-refractivity contribution in [1.29, 1.82) is 0 Å². The van der Waals surface area contributed by atoms with Crippen LogP contribution in [-0.4, -0.2) is 5.78 Å². The zero-order chi connectivity index (χ0) is 11.5. The van der Waals surface area contributed by atoms with Gasteiger partial charge >= 0.3 is 0 Å². The van der Waals surface area contributed by atoms with Gasteiger partial charge in [-0.05, 0) is 11.5 Å². The molecule has 16 heavy (non-hydrogen) atoms. The lowest BCUT2D eigenvalue weighted by molar-refractivity contribution is -0.115. The molecule has 2 heteroatoms. The van der Waals surface area contributed by atoms with Crippen LogP contribution in [0.5, 0.6) is 5.75 Å². The standard InChI is InChI=1S/C14H12O2/c1-10(15)11(2)16-14-9-5-7-12-6-3-4-8-13(12)14/h3-9H,2H2,1H3. The Hall–Kier alpha value is -2.09. The number of benzene rings is 2. The minimum atomic E-state index is -0.159. The second-order valence-corrected chi connectivity index (χ2v) is 3.56. The maximum Gasteiger partial charge on any atom is 0.194 e. The van der Waals surface area contributed by atoms with Crippen molar-refractivity contribution in [2.45, 2.75) is 6.92 Å². The van der Waals surface area contributed by atoms with Gasteiger partial charge in [0.15, 0.2) is 11.5 Å². The molecule has 0 bridgehead atoms. The topological polar surface area (TPSA) is 26.3 Å². The lowest BCUT2D eigenvalue weighted by atomic mass is 10.1. The lowest BCUT2D eigenvalue weighted by Gasteiger charge is -2.08. The fourth-order valence-corrected chi connectivity index (χ4v) is 1.49. The van der Waals surface area contributed by atoms with Crippen LogP contribution < -0.4 is 4.74 Å². The third-order valence-corrected chi connectivity index (χ3v) is 2.38. The highest BCUT2D eigenvalue weighted by Crippen LogP contribution is 2.26. The van der Waals surface area contributed by atoms with Gasteiger partial charge in [0.2, 0.25) is 0 Å². The quantitative estimate of drug-likeness (QED) is 0.576. The minimum Gasteiger partial charge on any atom is -0.454 e. The van der Waals surface area contributed by atoms with E-state index in [1.165, 1.54) is 6.92 Å². The maximum atomic E-state index is 11.1. The minimum absolute atomic E-state index is 0.159. The van der Waals surface area contributed by atoms with Crippen molar-refractivity contribution in [1.82, 2.24) is 0 Å². The molecule has 0 amide bonds. The molecule has 0 aromatic heterocycles. The number of hydrogen-bond donors (Lipinski definition) is 0. The average Bonchev–Trinajstić information content (AvgIpc) is 2.29. The number of fused-ring (bicyclic) bond motifs is 1. The van der Waals surface area contributed by atoms with Crippen molar-refractivity contribution < 1.29 is 9.53 Å². The summed E-state index contributed by atoms with van der Waals surface area (Å²) in [6.07, 6.45) is 0. The van der Waals surface area contributed by atoms with Gasteiger partial charge in [-0.15, -0.1) is 0 Å². The van der Waals surface area contributed by atoms with Gasteiger partial charge < -0.3 is 4.74 Å². The van der Waals surface area contributed by atoms with E-state index in [0.717, 1.165) is 10.8 Å². The van der Waals surface area contributed by atoms with Crippen molar-refractivity contribution >= 4 is 16.6 Å². The molecule has 0 aliphatic heterocycles. The Kier molecular flexibility index (Phi) is 2.73. The monoisotopic (exact) mass is 212 g/mol. The lowest BCUT2D eigenvalue weighted by Crippen LogP contribution is -2.03. The second-order valence-electron chi connectivity index (χ2n) is 3.56. The molecule has 0 fully saturated rings. The normalized spacial score (nSPS) is 10.1. The van der Waals surface area contributed by atoms with Crippen LogP contribution in [0, 0.1) is 0 Å². The number of carbonyl (C=O) groups is 1. The Morgan fingerprint density at radius 3 is 2.56 bits per heavy atom. The van der Waals surface area contributed by atoms with Crippen LogP contribution in [0.25, 0.3) is 10.8 Å². The van der Waals surface area contributed by atoms with Gasteiger partial charge in [-0.25, -0.2) is 0 Å². The zero-order valence-corrected chi connectivity index (χ0v) is 9.07. The van der Waals surface area contributed by atoms with Gasteiger partial charge in [0.25, 0.3) is 0 Å². The highest BCUT2D eigenvalue weighted by atomic mass is 16.5. The number of ether oxygens (including phenoxy) is 1. The van der Waals surface area contributed by atoms with Crippen LogP contribution in [0.3, 0.4) is 0 Å². The molecule has 0 N–H and O–H groups in total. The molecule has 0 radical (unpaired) electrons. The van der Waals surface area contributed by atoms with Crippen molar-refractivity contribution in [2.24, 2.45) is 0 Å². The molecule has 0 aliphatic carbocycles. The number of rotatable bonds is 3. The number of carbonyl (C=O) groups excluding carboxylic acids is 1. The van der Waals surface area contributed by atoms with E-state index in [1.807, 2.05) is 42.5 Å².